The summed E-state index contributed by atoms with van der Waals surface area (Å²) < 4.78 is 5.60. The molecule has 0 bridgehead atoms. The Morgan fingerprint density at radius 2 is 1.76 bits per heavy atom. The molecule has 0 aliphatic heterocycles. The number of para-hydroxylation sites is 3. The molecule has 1 N–H and O–H groups in total. The monoisotopic (exact) mass is 244 g/mol. The van der Waals surface area contributed by atoms with E-state index in [1.54, 1.807) is 12.1 Å². The number of nitrogens with zero attached hydrogens (tertiary/aromatic N) is 1. The molecule has 0 saturated heterocycles. The maximum atomic E-state index is 6.01. The molecule has 1 heterocycles. The van der Waals surface area contributed by atoms with Crippen molar-refractivity contribution in [2.75, 3.05) is 0 Å². The number of aromatic nitrogens is 2. The lowest BCUT2D eigenvalue weighted by molar-refractivity contribution is 0.449. The van der Waals surface area contributed by atoms with Gasteiger partial charge in [-0.3, -0.25) is 0 Å². The number of fused-ring (bicyclic) bond motifs is 1. The molecule has 0 unspecified atom stereocenters. The number of hydrogen-bond donors (Lipinski definition) is 1. The van der Waals surface area contributed by atoms with Crippen LogP contribution in [0.4, 0.5) is 0 Å². The van der Waals surface area contributed by atoms with Gasteiger partial charge in [-0.25, -0.2) is 0 Å². The summed E-state index contributed by atoms with van der Waals surface area (Å²) in [6.07, 6.45) is 0. The normalized spacial score (nSPS) is 10.6. The van der Waals surface area contributed by atoms with Gasteiger partial charge in [0.2, 0.25) is 0 Å². The molecule has 0 aliphatic carbocycles. The van der Waals surface area contributed by atoms with Crippen molar-refractivity contribution in [1.82, 2.24) is 9.97 Å². The Morgan fingerprint density at radius 1 is 1.00 bits per heavy atom. The molecule has 3 aromatic rings. The minimum absolute atomic E-state index is 0.444. The van der Waals surface area contributed by atoms with E-state index in [-0.39, 0.29) is 0 Å². The van der Waals surface area contributed by atoms with E-state index >= 15 is 0 Å². The molecule has 0 fully saturated rings. The van der Waals surface area contributed by atoms with E-state index < -0.39 is 0 Å². The highest BCUT2D eigenvalue weighted by Crippen LogP contribution is 2.28. The fourth-order valence-electron chi connectivity index (χ4n) is 1.61. The number of aromatic amines is 1. The van der Waals surface area contributed by atoms with Crippen LogP contribution in [-0.4, -0.2) is 9.97 Å². The smallest absolute Gasteiger partial charge is 0.300 e. The van der Waals surface area contributed by atoms with Gasteiger partial charge in [0.25, 0.3) is 6.01 Å². The van der Waals surface area contributed by atoms with E-state index in [1.807, 2.05) is 36.4 Å². The van der Waals surface area contributed by atoms with Crippen LogP contribution >= 0.6 is 11.6 Å². The summed E-state index contributed by atoms with van der Waals surface area (Å²) in [5.74, 6) is 0.591. The third kappa shape index (κ3) is 1.97. The van der Waals surface area contributed by atoms with Crippen LogP contribution in [0.25, 0.3) is 11.0 Å². The Balaban J connectivity index is 1.98. The van der Waals surface area contributed by atoms with Crippen molar-refractivity contribution in [3.8, 4) is 11.8 Å². The molecule has 4 heteroatoms. The van der Waals surface area contributed by atoms with Crippen molar-refractivity contribution < 1.29 is 4.74 Å². The molecule has 3 nitrogen and oxygen atoms in total. The van der Waals surface area contributed by atoms with Gasteiger partial charge in [-0.1, -0.05) is 35.9 Å². The first-order valence-electron chi connectivity index (χ1n) is 5.20. The largest absolute Gasteiger partial charge is 0.424 e. The van der Waals surface area contributed by atoms with Crippen LogP contribution < -0.4 is 4.74 Å². The summed E-state index contributed by atoms with van der Waals surface area (Å²) in [4.78, 5) is 7.39. The van der Waals surface area contributed by atoms with Crippen LogP contribution in [0.3, 0.4) is 0 Å². The molecule has 84 valence electrons. The third-order valence-corrected chi connectivity index (χ3v) is 2.72. The Hall–Kier alpha value is -2.00. The second kappa shape index (κ2) is 4.11. The number of nitrogens with one attached hydrogen (secondary N) is 1. The lowest BCUT2D eigenvalue weighted by Crippen LogP contribution is -1.86. The number of ether oxygens (including phenoxy) is 1. The molecule has 2 aromatic carbocycles. The van der Waals surface area contributed by atoms with Crippen molar-refractivity contribution in [2.45, 2.75) is 0 Å². The summed E-state index contributed by atoms with van der Waals surface area (Å²) in [6.45, 7) is 0. The summed E-state index contributed by atoms with van der Waals surface area (Å²) in [7, 11) is 0. The molecule has 0 aliphatic rings. The van der Waals surface area contributed by atoms with E-state index in [0.29, 0.717) is 16.8 Å². The minimum atomic E-state index is 0.444. The Bertz CT molecular complexity index is 630. The molecular formula is C13H9ClN2O. The van der Waals surface area contributed by atoms with Gasteiger partial charge in [-0.05, 0) is 24.3 Å². The van der Waals surface area contributed by atoms with Gasteiger partial charge in [0.05, 0.1) is 16.1 Å². The standard InChI is InChI=1S/C13H9ClN2O/c14-9-5-1-4-8-12(9)17-13-15-10-6-2-3-7-11(10)16-13/h1-8H,(H,15,16). The highest BCUT2D eigenvalue weighted by Gasteiger charge is 2.06. The number of benzene rings is 2. The van der Waals surface area contributed by atoms with Gasteiger partial charge < -0.3 is 9.72 Å². The Morgan fingerprint density at radius 3 is 2.59 bits per heavy atom. The lowest BCUT2D eigenvalue weighted by atomic mass is 10.3. The molecule has 17 heavy (non-hydrogen) atoms. The second-order valence-corrected chi connectivity index (χ2v) is 4.00. The van der Waals surface area contributed by atoms with Gasteiger partial charge >= 0.3 is 0 Å². The predicted molar refractivity (Wildman–Crippen MR) is 67.6 cm³/mol. The zero-order valence-electron chi connectivity index (χ0n) is 8.85. The SMILES string of the molecule is Clc1ccccc1Oc1nc2ccccc2[nH]1. The first kappa shape index (κ1) is 10.2. The highest BCUT2D eigenvalue weighted by atomic mass is 35.5. The average Bonchev–Trinajstić information content (AvgIpc) is 2.74. The number of rotatable bonds is 2. The van der Waals surface area contributed by atoms with Gasteiger partial charge in [0.1, 0.15) is 5.75 Å². The molecule has 0 amide bonds. The first-order valence-corrected chi connectivity index (χ1v) is 5.58. The van der Waals surface area contributed by atoms with Crippen LogP contribution in [0.5, 0.6) is 11.8 Å². The second-order valence-electron chi connectivity index (χ2n) is 3.59. The fraction of sp³-hybridized carbons (Fsp3) is 0. The molecule has 0 radical (unpaired) electrons. The van der Waals surface area contributed by atoms with Gasteiger partial charge in [-0.15, -0.1) is 0 Å². The molecular weight excluding hydrogens is 236 g/mol. The summed E-state index contributed by atoms with van der Waals surface area (Å²) >= 11 is 6.01. The van der Waals surface area contributed by atoms with Crippen LogP contribution in [0.15, 0.2) is 48.5 Å². The van der Waals surface area contributed by atoms with E-state index in [1.165, 1.54) is 0 Å². The Kier molecular flexibility index (Phi) is 2.46. The van der Waals surface area contributed by atoms with Gasteiger partial charge in [-0.2, -0.15) is 4.98 Å². The number of halogens is 1. The van der Waals surface area contributed by atoms with Crippen molar-refractivity contribution >= 4 is 22.6 Å². The quantitative estimate of drug-likeness (QED) is 0.740. The predicted octanol–water partition coefficient (Wildman–Crippen LogP) is 4.01. The first-order chi connectivity index (χ1) is 8.33. The lowest BCUT2D eigenvalue weighted by Gasteiger charge is -2.02. The van der Waals surface area contributed by atoms with Crippen LogP contribution in [0, 0.1) is 0 Å². The number of H-pyrrole nitrogens is 1. The van der Waals surface area contributed by atoms with E-state index in [9.17, 15) is 0 Å². The van der Waals surface area contributed by atoms with E-state index in [4.69, 9.17) is 16.3 Å². The Labute approximate surface area is 103 Å². The molecule has 0 spiro atoms. The average molecular weight is 245 g/mol. The van der Waals surface area contributed by atoms with Crippen molar-refractivity contribution in [3.05, 3.63) is 53.6 Å². The highest BCUT2D eigenvalue weighted by molar-refractivity contribution is 6.32. The van der Waals surface area contributed by atoms with Crippen molar-refractivity contribution in [2.24, 2.45) is 0 Å². The zero-order valence-corrected chi connectivity index (χ0v) is 9.61. The van der Waals surface area contributed by atoms with Crippen LogP contribution in [0.2, 0.25) is 5.02 Å². The maximum absolute atomic E-state index is 6.01. The van der Waals surface area contributed by atoms with Crippen LogP contribution in [-0.2, 0) is 0 Å². The fourth-order valence-corrected chi connectivity index (χ4v) is 1.78. The summed E-state index contributed by atoms with van der Waals surface area (Å²) in [5.41, 5.74) is 1.81. The molecule has 3 rings (SSSR count). The van der Waals surface area contributed by atoms with Crippen LogP contribution in [0.1, 0.15) is 0 Å². The summed E-state index contributed by atoms with van der Waals surface area (Å²) in [6, 6.07) is 15.5. The third-order valence-electron chi connectivity index (χ3n) is 2.41. The van der Waals surface area contributed by atoms with Crippen molar-refractivity contribution in [1.29, 1.82) is 0 Å². The number of hydrogen-bond acceptors (Lipinski definition) is 2. The van der Waals surface area contributed by atoms with Crippen molar-refractivity contribution in [3.63, 3.8) is 0 Å². The minimum Gasteiger partial charge on any atom is -0.424 e. The van der Waals surface area contributed by atoms with Gasteiger partial charge in [0.15, 0.2) is 0 Å². The molecule has 1 aromatic heterocycles. The maximum Gasteiger partial charge on any atom is 0.300 e. The van der Waals surface area contributed by atoms with E-state index in [2.05, 4.69) is 9.97 Å². The topological polar surface area (TPSA) is 37.9 Å². The van der Waals surface area contributed by atoms with E-state index in [0.717, 1.165) is 11.0 Å². The zero-order chi connectivity index (χ0) is 11.7. The molecule has 0 atom stereocenters. The molecule has 0 saturated carbocycles. The number of imidazole rings is 1. The van der Waals surface area contributed by atoms with Gasteiger partial charge in [0, 0.05) is 0 Å². The summed E-state index contributed by atoms with van der Waals surface area (Å²) in [5, 5.41) is 0.563.